The average Bonchev–Trinajstić information content (AvgIpc) is 3.40. The van der Waals surface area contributed by atoms with Crippen LogP contribution >= 0.6 is 22.9 Å². The van der Waals surface area contributed by atoms with Crippen molar-refractivity contribution < 1.29 is 22.5 Å². The fourth-order valence-electron chi connectivity index (χ4n) is 4.34. The van der Waals surface area contributed by atoms with E-state index in [4.69, 9.17) is 15.8 Å². The molecule has 9 nitrogen and oxygen atoms in total. The summed E-state index contributed by atoms with van der Waals surface area (Å²) in [5.74, 6) is 0.150. The molecule has 0 amide bonds. The SMILES string of the molecule is CNS(=O)(=O)O[C@@H]1C[C@H](Nc2ncncc2C(=O)c2cc([C@@H](C)c3cccc(Cl)c3)c(C)s2)C[C@@H]1O. The summed E-state index contributed by atoms with van der Waals surface area (Å²) in [4.78, 5) is 23.3. The number of hydrogen-bond acceptors (Lipinski definition) is 9. The van der Waals surface area contributed by atoms with Gasteiger partial charge in [-0.3, -0.25) is 8.98 Å². The average molecular weight is 551 g/mol. The number of halogens is 1. The number of carbonyl (C=O) groups excluding carboxylic acids is 1. The van der Waals surface area contributed by atoms with Crippen LogP contribution in [0.15, 0.2) is 42.9 Å². The molecule has 0 spiro atoms. The van der Waals surface area contributed by atoms with Crippen molar-refractivity contribution >= 4 is 44.8 Å². The highest BCUT2D eigenvalue weighted by atomic mass is 35.5. The summed E-state index contributed by atoms with van der Waals surface area (Å²) in [5.41, 5.74) is 2.40. The zero-order chi connectivity index (χ0) is 26.0. The first kappa shape index (κ1) is 26.6. The number of hydrogen-bond donors (Lipinski definition) is 3. The fourth-order valence-corrected chi connectivity index (χ4v) is 6.24. The lowest BCUT2D eigenvalue weighted by molar-refractivity contribution is 0.0636. The standard InChI is InChI=1S/C24H27ClN4O5S2/c1-13(15-5-4-6-16(25)7-15)18-10-22(35-14(18)2)23(31)19-11-27-12-28-24(19)29-17-8-20(30)21(9-17)34-36(32,33)26-3/h4-7,10-13,17,20-21,26,30H,8-9H2,1-3H3,(H,27,28,29)/t13-,17+,20-,21+/m0/s1. The molecule has 0 aliphatic heterocycles. The number of benzene rings is 1. The summed E-state index contributed by atoms with van der Waals surface area (Å²) in [5, 5.41) is 14.1. The number of aryl methyl sites for hydroxylation is 1. The third-order valence-electron chi connectivity index (χ3n) is 6.27. The Hall–Kier alpha value is -2.41. The highest BCUT2D eigenvalue weighted by Crippen LogP contribution is 2.35. The molecule has 36 heavy (non-hydrogen) atoms. The molecule has 0 unspecified atom stereocenters. The molecule has 0 radical (unpaired) electrons. The number of nitrogens with zero attached hydrogens (tertiary/aromatic N) is 2. The van der Waals surface area contributed by atoms with E-state index in [1.165, 1.54) is 30.9 Å². The molecule has 1 aliphatic rings. The molecule has 0 saturated heterocycles. The topological polar surface area (TPSA) is 131 Å². The van der Waals surface area contributed by atoms with Gasteiger partial charge in [0, 0.05) is 35.1 Å². The van der Waals surface area contributed by atoms with Crippen molar-refractivity contribution in [1.82, 2.24) is 14.7 Å². The maximum absolute atomic E-state index is 13.5. The number of thiophene rings is 1. The molecule has 0 bridgehead atoms. The number of ketones is 1. The normalized spacial score (nSPS) is 20.9. The highest BCUT2D eigenvalue weighted by Gasteiger charge is 2.37. The second-order valence-corrected chi connectivity index (χ2v) is 11.9. The van der Waals surface area contributed by atoms with E-state index in [0.29, 0.717) is 21.3 Å². The Morgan fingerprint density at radius 1 is 1.31 bits per heavy atom. The summed E-state index contributed by atoms with van der Waals surface area (Å²) >= 11 is 7.57. The van der Waals surface area contributed by atoms with E-state index in [0.717, 1.165) is 16.0 Å². The summed E-state index contributed by atoms with van der Waals surface area (Å²) in [7, 11) is -2.71. The quantitative estimate of drug-likeness (QED) is 0.344. The number of aliphatic hydroxyl groups is 1. The van der Waals surface area contributed by atoms with Gasteiger partial charge in [-0.2, -0.15) is 13.1 Å². The molecule has 2 heterocycles. The lowest BCUT2D eigenvalue weighted by atomic mass is 9.93. The van der Waals surface area contributed by atoms with E-state index >= 15 is 0 Å². The van der Waals surface area contributed by atoms with Crippen molar-refractivity contribution in [2.75, 3.05) is 12.4 Å². The molecule has 2 aromatic heterocycles. The van der Waals surface area contributed by atoms with E-state index in [-0.39, 0.29) is 30.6 Å². The van der Waals surface area contributed by atoms with Gasteiger partial charge in [0.1, 0.15) is 18.2 Å². The number of carbonyl (C=O) groups is 1. The number of aromatic nitrogens is 2. The van der Waals surface area contributed by atoms with Gasteiger partial charge >= 0.3 is 10.3 Å². The van der Waals surface area contributed by atoms with Crippen molar-refractivity contribution in [3.63, 3.8) is 0 Å². The first-order valence-electron chi connectivity index (χ1n) is 11.3. The summed E-state index contributed by atoms with van der Waals surface area (Å²) in [6, 6.07) is 9.22. The van der Waals surface area contributed by atoms with Gasteiger partial charge < -0.3 is 10.4 Å². The molecule has 4 atom stereocenters. The van der Waals surface area contributed by atoms with Gasteiger partial charge in [0.2, 0.25) is 5.78 Å². The largest absolute Gasteiger partial charge is 0.390 e. The Labute approximate surface area is 219 Å². The van der Waals surface area contributed by atoms with Gasteiger partial charge in [-0.05, 0) is 49.1 Å². The Morgan fingerprint density at radius 3 is 2.81 bits per heavy atom. The van der Waals surface area contributed by atoms with Crippen LogP contribution in [-0.2, 0) is 14.5 Å². The van der Waals surface area contributed by atoms with Gasteiger partial charge in [0.05, 0.1) is 16.5 Å². The van der Waals surface area contributed by atoms with E-state index in [9.17, 15) is 18.3 Å². The monoisotopic (exact) mass is 550 g/mol. The molecule has 4 rings (SSSR count). The predicted molar refractivity (Wildman–Crippen MR) is 139 cm³/mol. The maximum Gasteiger partial charge on any atom is 0.335 e. The van der Waals surface area contributed by atoms with Gasteiger partial charge in [-0.15, -0.1) is 11.3 Å². The smallest absolute Gasteiger partial charge is 0.335 e. The van der Waals surface area contributed by atoms with E-state index in [1.807, 2.05) is 37.3 Å². The number of anilines is 1. The van der Waals surface area contributed by atoms with E-state index < -0.39 is 22.5 Å². The number of aliphatic hydroxyl groups excluding tert-OH is 1. The van der Waals surface area contributed by atoms with Crippen LogP contribution in [0.5, 0.6) is 0 Å². The van der Waals surface area contributed by atoms with Crippen molar-refractivity contribution in [3.8, 4) is 0 Å². The van der Waals surface area contributed by atoms with Crippen LogP contribution in [0.4, 0.5) is 5.82 Å². The molecule has 1 fully saturated rings. The molecular formula is C24H27ClN4O5S2. The van der Waals surface area contributed by atoms with Gasteiger partial charge in [-0.25, -0.2) is 9.97 Å². The minimum absolute atomic E-state index is 0.0527. The Morgan fingerprint density at radius 2 is 2.08 bits per heavy atom. The molecule has 3 N–H and O–H groups in total. The molecule has 1 saturated carbocycles. The molecule has 12 heteroatoms. The third kappa shape index (κ3) is 5.93. The molecule has 3 aromatic rings. The van der Waals surface area contributed by atoms with Crippen LogP contribution in [0.2, 0.25) is 5.02 Å². The van der Waals surface area contributed by atoms with Crippen LogP contribution < -0.4 is 10.0 Å². The molecule has 192 valence electrons. The van der Waals surface area contributed by atoms with Crippen molar-refractivity contribution in [1.29, 1.82) is 0 Å². The zero-order valence-electron chi connectivity index (χ0n) is 19.9. The fraction of sp³-hybridized carbons (Fsp3) is 0.375. The number of rotatable bonds is 9. The summed E-state index contributed by atoms with van der Waals surface area (Å²) in [6.45, 7) is 4.06. The zero-order valence-corrected chi connectivity index (χ0v) is 22.3. The molecular weight excluding hydrogens is 524 g/mol. The molecule has 1 aromatic carbocycles. The van der Waals surface area contributed by atoms with Crippen molar-refractivity contribution in [2.24, 2.45) is 0 Å². The second kappa shape index (κ2) is 10.9. The molecule has 1 aliphatic carbocycles. The Bertz CT molecular complexity index is 1360. The van der Waals surface area contributed by atoms with Crippen LogP contribution in [-0.4, -0.2) is 54.6 Å². The highest BCUT2D eigenvalue weighted by molar-refractivity contribution is 7.84. The van der Waals surface area contributed by atoms with Crippen molar-refractivity contribution in [3.05, 3.63) is 74.3 Å². The third-order valence-corrected chi connectivity index (χ3v) is 8.57. The first-order chi connectivity index (χ1) is 17.1. The van der Waals surface area contributed by atoms with E-state index in [2.05, 4.69) is 26.9 Å². The minimum atomic E-state index is -3.94. The van der Waals surface area contributed by atoms with E-state index in [1.54, 1.807) is 0 Å². The van der Waals surface area contributed by atoms with Gasteiger partial charge in [0.25, 0.3) is 0 Å². The van der Waals surface area contributed by atoms with Gasteiger partial charge in [0.15, 0.2) is 0 Å². The van der Waals surface area contributed by atoms with Gasteiger partial charge in [-0.1, -0.05) is 30.7 Å². The lowest BCUT2D eigenvalue weighted by Crippen LogP contribution is -2.31. The van der Waals surface area contributed by atoms with Crippen LogP contribution in [0, 0.1) is 6.92 Å². The Kier molecular flexibility index (Phi) is 8.08. The van der Waals surface area contributed by atoms with Crippen LogP contribution in [0.3, 0.4) is 0 Å². The summed E-state index contributed by atoms with van der Waals surface area (Å²) in [6.07, 6.45) is 1.35. The summed E-state index contributed by atoms with van der Waals surface area (Å²) < 4.78 is 30.5. The maximum atomic E-state index is 13.5. The van der Waals surface area contributed by atoms with Crippen molar-refractivity contribution in [2.45, 2.75) is 50.9 Å². The Balaban J connectivity index is 1.53. The first-order valence-corrected chi connectivity index (χ1v) is 13.9. The minimum Gasteiger partial charge on any atom is -0.390 e. The second-order valence-electron chi connectivity index (χ2n) is 8.69. The van der Waals surface area contributed by atoms with Crippen LogP contribution in [0.25, 0.3) is 0 Å². The lowest BCUT2D eigenvalue weighted by Gasteiger charge is -2.15. The number of nitrogens with one attached hydrogen (secondary N) is 2. The van der Waals surface area contributed by atoms with Crippen LogP contribution in [0.1, 0.15) is 56.9 Å². The predicted octanol–water partition coefficient (Wildman–Crippen LogP) is 3.67.